The van der Waals surface area contributed by atoms with Crippen molar-refractivity contribution < 1.29 is 4.39 Å². The standard InChI is InChI=1S/C14H18FN3/c1-14(2,3)16-8-11-9-17-18-13(11)10-5-4-6-12(15)7-10/h4-7,9,16H,8H2,1-3H3,(H,17,18). The van der Waals surface area contributed by atoms with Gasteiger partial charge in [-0.1, -0.05) is 12.1 Å². The van der Waals surface area contributed by atoms with Crippen molar-refractivity contribution in [3.8, 4) is 11.3 Å². The summed E-state index contributed by atoms with van der Waals surface area (Å²) in [5, 5.41) is 10.4. The van der Waals surface area contributed by atoms with E-state index in [9.17, 15) is 4.39 Å². The second-order valence-corrected chi connectivity index (χ2v) is 5.38. The quantitative estimate of drug-likeness (QED) is 0.875. The van der Waals surface area contributed by atoms with Gasteiger partial charge in [-0.15, -0.1) is 0 Å². The first-order chi connectivity index (χ1) is 8.46. The van der Waals surface area contributed by atoms with Crippen LogP contribution in [-0.2, 0) is 6.54 Å². The van der Waals surface area contributed by atoms with E-state index in [0.29, 0.717) is 6.54 Å². The normalized spacial score (nSPS) is 11.8. The minimum absolute atomic E-state index is 0.0382. The molecule has 2 aromatic rings. The molecule has 0 atom stereocenters. The van der Waals surface area contributed by atoms with E-state index < -0.39 is 0 Å². The summed E-state index contributed by atoms with van der Waals surface area (Å²) >= 11 is 0. The highest BCUT2D eigenvalue weighted by atomic mass is 19.1. The number of benzene rings is 1. The molecule has 18 heavy (non-hydrogen) atoms. The van der Waals surface area contributed by atoms with Gasteiger partial charge in [0, 0.05) is 23.2 Å². The van der Waals surface area contributed by atoms with Crippen LogP contribution in [0.5, 0.6) is 0 Å². The molecule has 0 aliphatic carbocycles. The van der Waals surface area contributed by atoms with Crippen LogP contribution in [0.15, 0.2) is 30.5 Å². The summed E-state index contributed by atoms with van der Waals surface area (Å²) in [4.78, 5) is 0. The summed E-state index contributed by atoms with van der Waals surface area (Å²) in [6, 6.07) is 6.52. The summed E-state index contributed by atoms with van der Waals surface area (Å²) in [5.74, 6) is -0.239. The van der Waals surface area contributed by atoms with Gasteiger partial charge in [0.15, 0.2) is 0 Å². The lowest BCUT2D eigenvalue weighted by Crippen LogP contribution is -2.35. The number of nitrogens with one attached hydrogen (secondary N) is 2. The van der Waals surface area contributed by atoms with Gasteiger partial charge in [-0.05, 0) is 32.9 Å². The van der Waals surface area contributed by atoms with Gasteiger partial charge in [0.2, 0.25) is 0 Å². The van der Waals surface area contributed by atoms with Crippen molar-refractivity contribution in [2.24, 2.45) is 0 Å². The Morgan fingerprint density at radius 3 is 2.78 bits per heavy atom. The fraction of sp³-hybridized carbons (Fsp3) is 0.357. The zero-order valence-electron chi connectivity index (χ0n) is 10.9. The predicted molar refractivity (Wildman–Crippen MR) is 70.6 cm³/mol. The Hall–Kier alpha value is -1.68. The molecule has 0 radical (unpaired) electrons. The van der Waals surface area contributed by atoms with Crippen molar-refractivity contribution in [1.29, 1.82) is 0 Å². The Morgan fingerprint density at radius 2 is 2.11 bits per heavy atom. The lowest BCUT2D eigenvalue weighted by atomic mass is 10.1. The Bertz CT molecular complexity index is 526. The highest BCUT2D eigenvalue weighted by Gasteiger charge is 2.12. The van der Waals surface area contributed by atoms with Gasteiger partial charge in [-0.25, -0.2) is 4.39 Å². The number of nitrogens with zero attached hydrogens (tertiary/aromatic N) is 1. The van der Waals surface area contributed by atoms with Crippen LogP contribution in [0.1, 0.15) is 26.3 Å². The van der Waals surface area contributed by atoms with Crippen LogP contribution in [0.25, 0.3) is 11.3 Å². The van der Waals surface area contributed by atoms with Crippen LogP contribution < -0.4 is 5.32 Å². The number of rotatable bonds is 3. The second kappa shape index (κ2) is 4.90. The van der Waals surface area contributed by atoms with E-state index in [-0.39, 0.29) is 11.4 Å². The molecule has 3 nitrogen and oxygen atoms in total. The highest BCUT2D eigenvalue weighted by Crippen LogP contribution is 2.22. The molecule has 0 unspecified atom stereocenters. The fourth-order valence-electron chi connectivity index (χ4n) is 1.70. The maximum absolute atomic E-state index is 13.2. The number of H-pyrrole nitrogens is 1. The van der Waals surface area contributed by atoms with Gasteiger partial charge in [-0.3, -0.25) is 5.10 Å². The first-order valence-corrected chi connectivity index (χ1v) is 5.99. The molecule has 4 heteroatoms. The van der Waals surface area contributed by atoms with Gasteiger partial charge in [-0.2, -0.15) is 5.10 Å². The minimum Gasteiger partial charge on any atom is -0.308 e. The molecule has 1 heterocycles. The fourth-order valence-corrected chi connectivity index (χ4v) is 1.70. The molecule has 0 aliphatic heterocycles. The maximum atomic E-state index is 13.2. The predicted octanol–water partition coefficient (Wildman–Crippen LogP) is 3.10. The summed E-state index contributed by atoms with van der Waals surface area (Å²) in [6.45, 7) is 7.02. The summed E-state index contributed by atoms with van der Waals surface area (Å²) in [5.41, 5.74) is 2.76. The van der Waals surface area contributed by atoms with Crippen LogP contribution in [0.2, 0.25) is 0 Å². The van der Waals surface area contributed by atoms with Crippen LogP contribution in [0, 0.1) is 5.82 Å². The van der Waals surface area contributed by atoms with Crippen LogP contribution >= 0.6 is 0 Å². The molecule has 2 N–H and O–H groups in total. The molecule has 2 rings (SSSR count). The molecule has 1 aromatic heterocycles. The molecule has 0 bridgehead atoms. The first kappa shape index (κ1) is 12.8. The van der Waals surface area contributed by atoms with Crippen molar-refractivity contribution in [2.75, 3.05) is 0 Å². The van der Waals surface area contributed by atoms with Crippen LogP contribution in [0.4, 0.5) is 4.39 Å². The maximum Gasteiger partial charge on any atom is 0.123 e. The van der Waals surface area contributed by atoms with Crippen molar-refractivity contribution in [1.82, 2.24) is 15.5 Å². The lowest BCUT2D eigenvalue weighted by Gasteiger charge is -2.20. The van der Waals surface area contributed by atoms with Crippen molar-refractivity contribution in [2.45, 2.75) is 32.9 Å². The first-order valence-electron chi connectivity index (χ1n) is 5.99. The smallest absolute Gasteiger partial charge is 0.123 e. The van der Waals surface area contributed by atoms with Gasteiger partial charge >= 0.3 is 0 Å². The number of aromatic amines is 1. The summed E-state index contributed by atoms with van der Waals surface area (Å²) in [7, 11) is 0. The molecule has 96 valence electrons. The molecule has 0 amide bonds. The number of hydrogen-bond acceptors (Lipinski definition) is 2. The van der Waals surface area contributed by atoms with Crippen LogP contribution in [-0.4, -0.2) is 15.7 Å². The molecule has 0 fully saturated rings. The number of aromatic nitrogens is 2. The number of hydrogen-bond donors (Lipinski definition) is 2. The average molecular weight is 247 g/mol. The Balaban J connectivity index is 2.23. The number of halogens is 1. The monoisotopic (exact) mass is 247 g/mol. The topological polar surface area (TPSA) is 40.7 Å². The van der Waals surface area contributed by atoms with E-state index >= 15 is 0 Å². The van der Waals surface area contributed by atoms with Crippen LogP contribution in [0.3, 0.4) is 0 Å². The van der Waals surface area contributed by atoms with E-state index in [2.05, 4.69) is 36.3 Å². The zero-order chi connectivity index (χ0) is 13.2. The van der Waals surface area contributed by atoms with Gasteiger partial charge < -0.3 is 5.32 Å². The molecular formula is C14H18FN3. The third-order valence-electron chi connectivity index (χ3n) is 2.64. The largest absolute Gasteiger partial charge is 0.308 e. The van der Waals surface area contributed by atoms with E-state index in [1.807, 2.05) is 6.07 Å². The summed E-state index contributed by atoms with van der Waals surface area (Å²) < 4.78 is 13.2. The highest BCUT2D eigenvalue weighted by molar-refractivity contribution is 5.62. The summed E-state index contributed by atoms with van der Waals surface area (Å²) in [6.07, 6.45) is 1.78. The molecule has 0 saturated carbocycles. The minimum atomic E-state index is -0.239. The van der Waals surface area contributed by atoms with Gasteiger partial charge in [0.25, 0.3) is 0 Å². The van der Waals surface area contributed by atoms with E-state index in [4.69, 9.17) is 0 Å². The van der Waals surface area contributed by atoms with Crippen molar-refractivity contribution >= 4 is 0 Å². The van der Waals surface area contributed by atoms with Crippen molar-refractivity contribution in [3.05, 3.63) is 41.8 Å². The third-order valence-corrected chi connectivity index (χ3v) is 2.64. The molecule has 0 spiro atoms. The third kappa shape index (κ3) is 3.17. The van der Waals surface area contributed by atoms with Crippen molar-refractivity contribution in [3.63, 3.8) is 0 Å². The van der Waals surface area contributed by atoms with E-state index in [1.165, 1.54) is 12.1 Å². The Labute approximate surface area is 106 Å². The van der Waals surface area contributed by atoms with Gasteiger partial charge in [0.05, 0.1) is 11.9 Å². The zero-order valence-corrected chi connectivity index (χ0v) is 10.9. The van der Waals surface area contributed by atoms with Gasteiger partial charge in [0.1, 0.15) is 5.82 Å². The SMILES string of the molecule is CC(C)(C)NCc1cn[nH]c1-c1cccc(F)c1. The second-order valence-electron chi connectivity index (χ2n) is 5.38. The molecular weight excluding hydrogens is 229 g/mol. The molecule has 0 saturated heterocycles. The Morgan fingerprint density at radius 1 is 1.33 bits per heavy atom. The average Bonchev–Trinajstić information content (AvgIpc) is 2.73. The van der Waals surface area contributed by atoms with E-state index in [0.717, 1.165) is 16.8 Å². The molecule has 0 aliphatic rings. The van der Waals surface area contributed by atoms with E-state index in [1.54, 1.807) is 12.3 Å². The Kier molecular flexibility index (Phi) is 3.48. The lowest BCUT2D eigenvalue weighted by molar-refractivity contribution is 0.424. The molecule has 1 aromatic carbocycles.